The number of sulfonamides is 1. The molecule has 3 rings (SSSR count). The number of nitrogens with zero attached hydrogens (tertiary/aromatic N) is 1. The number of fused-ring (bicyclic) bond motifs is 1. The Balaban J connectivity index is 1.55. The maximum Gasteiger partial charge on any atom is 0.279 e. The van der Waals surface area contributed by atoms with E-state index in [4.69, 9.17) is 0 Å². The number of likely N-dealkylation sites (N-methyl/N-ethyl adjacent to an activating group) is 1. The first-order chi connectivity index (χ1) is 13.7. The second-order valence-corrected chi connectivity index (χ2v) is 10.7. The number of benzene rings is 1. The van der Waals surface area contributed by atoms with Crippen LogP contribution in [0.2, 0.25) is 0 Å². The molecular formula is C20H25N3O4S2. The van der Waals surface area contributed by atoms with E-state index in [9.17, 15) is 18.0 Å². The number of aryl methyl sites for hydroxylation is 2. The third kappa shape index (κ3) is 5.04. The smallest absolute Gasteiger partial charge is 0.272 e. The Morgan fingerprint density at radius 2 is 1.90 bits per heavy atom. The van der Waals surface area contributed by atoms with Gasteiger partial charge in [0.05, 0.1) is 16.3 Å². The Labute approximate surface area is 175 Å². The predicted molar refractivity (Wildman–Crippen MR) is 112 cm³/mol. The molecule has 0 fully saturated rings. The number of thiophene rings is 1. The van der Waals surface area contributed by atoms with Crippen molar-refractivity contribution in [2.24, 2.45) is 5.92 Å². The lowest BCUT2D eigenvalue weighted by Crippen LogP contribution is -2.46. The van der Waals surface area contributed by atoms with E-state index >= 15 is 0 Å². The summed E-state index contributed by atoms with van der Waals surface area (Å²) in [6.07, 6.45) is 3.06. The number of carbonyl (C=O) groups is 2. The van der Waals surface area contributed by atoms with Gasteiger partial charge in [0.15, 0.2) is 0 Å². The Bertz CT molecular complexity index is 1010. The number of hydrogen-bond acceptors (Lipinski definition) is 5. The van der Waals surface area contributed by atoms with Crippen LogP contribution in [0.5, 0.6) is 0 Å². The van der Waals surface area contributed by atoms with Crippen LogP contribution < -0.4 is 10.9 Å². The van der Waals surface area contributed by atoms with E-state index in [2.05, 4.69) is 17.8 Å². The highest BCUT2D eigenvalue weighted by Gasteiger charge is 2.24. The van der Waals surface area contributed by atoms with E-state index in [1.807, 2.05) is 13.0 Å². The molecule has 1 aliphatic carbocycles. The van der Waals surface area contributed by atoms with Gasteiger partial charge in [0, 0.05) is 11.9 Å². The van der Waals surface area contributed by atoms with Crippen LogP contribution in [0.15, 0.2) is 35.2 Å². The molecular weight excluding hydrogens is 410 g/mol. The monoisotopic (exact) mass is 435 g/mol. The quantitative estimate of drug-likeness (QED) is 0.704. The summed E-state index contributed by atoms with van der Waals surface area (Å²) in [5, 5.41) is 0. The van der Waals surface area contributed by atoms with Gasteiger partial charge < -0.3 is 0 Å². The highest BCUT2D eigenvalue weighted by Crippen LogP contribution is 2.32. The molecule has 0 saturated heterocycles. The van der Waals surface area contributed by atoms with Crippen molar-refractivity contribution in [3.63, 3.8) is 0 Å². The van der Waals surface area contributed by atoms with Crippen molar-refractivity contribution in [2.75, 3.05) is 13.6 Å². The predicted octanol–water partition coefficient (Wildman–Crippen LogP) is 2.26. The summed E-state index contributed by atoms with van der Waals surface area (Å²) in [6.45, 7) is 3.65. The second kappa shape index (κ2) is 8.64. The molecule has 0 saturated carbocycles. The summed E-state index contributed by atoms with van der Waals surface area (Å²) in [4.78, 5) is 26.4. The summed E-state index contributed by atoms with van der Waals surface area (Å²) in [5.41, 5.74) is 6.81. The van der Waals surface area contributed by atoms with Gasteiger partial charge in [-0.2, -0.15) is 4.31 Å². The molecule has 1 atom stereocenters. The van der Waals surface area contributed by atoms with Crippen LogP contribution in [0.4, 0.5) is 0 Å². The highest BCUT2D eigenvalue weighted by molar-refractivity contribution is 7.89. The van der Waals surface area contributed by atoms with Crippen LogP contribution in [0.25, 0.3) is 0 Å². The van der Waals surface area contributed by atoms with Crippen molar-refractivity contribution in [3.8, 4) is 0 Å². The van der Waals surface area contributed by atoms with Crippen LogP contribution in [-0.2, 0) is 27.7 Å². The van der Waals surface area contributed by atoms with Gasteiger partial charge in [-0.25, -0.2) is 8.42 Å². The minimum Gasteiger partial charge on any atom is -0.272 e. The average molecular weight is 436 g/mol. The van der Waals surface area contributed by atoms with Crippen molar-refractivity contribution in [2.45, 2.75) is 38.0 Å². The molecule has 0 spiro atoms. The van der Waals surface area contributed by atoms with Gasteiger partial charge in [-0.15, -0.1) is 11.3 Å². The number of carbonyl (C=O) groups excluding carboxylic acids is 2. The maximum atomic E-state index is 12.5. The van der Waals surface area contributed by atoms with E-state index in [0.29, 0.717) is 10.8 Å². The number of hydrazine groups is 1. The molecule has 0 bridgehead atoms. The van der Waals surface area contributed by atoms with Crippen molar-refractivity contribution >= 4 is 33.2 Å². The molecule has 1 heterocycles. The molecule has 0 aliphatic heterocycles. The van der Waals surface area contributed by atoms with Crippen LogP contribution in [0.1, 0.15) is 39.0 Å². The first-order valence-corrected chi connectivity index (χ1v) is 11.7. The largest absolute Gasteiger partial charge is 0.279 e. The Hall–Kier alpha value is -2.23. The molecule has 156 valence electrons. The minimum atomic E-state index is -3.79. The number of hydrogen-bond donors (Lipinski definition) is 2. The zero-order chi connectivity index (χ0) is 21.2. The minimum absolute atomic E-state index is 0.112. The topological polar surface area (TPSA) is 95.6 Å². The van der Waals surface area contributed by atoms with Crippen molar-refractivity contribution in [1.82, 2.24) is 15.2 Å². The van der Waals surface area contributed by atoms with E-state index in [1.165, 1.54) is 41.0 Å². The van der Waals surface area contributed by atoms with Crippen LogP contribution in [0, 0.1) is 12.8 Å². The van der Waals surface area contributed by atoms with Crippen LogP contribution >= 0.6 is 11.3 Å². The van der Waals surface area contributed by atoms with Crippen LogP contribution in [0.3, 0.4) is 0 Å². The van der Waals surface area contributed by atoms with Crippen molar-refractivity contribution in [1.29, 1.82) is 0 Å². The molecule has 2 aromatic rings. The molecule has 1 aromatic heterocycles. The Morgan fingerprint density at radius 1 is 1.21 bits per heavy atom. The van der Waals surface area contributed by atoms with Gasteiger partial charge in [-0.05, 0) is 55.9 Å². The summed E-state index contributed by atoms with van der Waals surface area (Å²) in [7, 11) is -2.46. The maximum absolute atomic E-state index is 12.5. The Kier molecular flexibility index (Phi) is 6.40. The lowest BCUT2D eigenvalue weighted by Gasteiger charge is -2.17. The number of rotatable bonds is 5. The summed E-state index contributed by atoms with van der Waals surface area (Å²) in [6, 6.07) is 8.27. The first kappa shape index (κ1) is 21.5. The lowest BCUT2D eigenvalue weighted by molar-refractivity contribution is -0.121. The molecule has 29 heavy (non-hydrogen) atoms. The first-order valence-electron chi connectivity index (χ1n) is 9.40. The third-order valence-electron chi connectivity index (χ3n) is 4.96. The lowest BCUT2D eigenvalue weighted by atomic mass is 9.90. The zero-order valence-corrected chi connectivity index (χ0v) is 18.3. The molecule has 1 aliphatic rings. The molecule has 1 aromatic carbocycles. The Morgan fingerprint density at radius 3 is 2.59 bits per heavy atom. The van der Waals surface area contributed by atoms with Gasteiger partial charge in [-0.3, -0.25) is 20.4 Å². The third-order valence-corrected chi connectivity index (χ3v) is 8.02. The molecule has 2 N–H and O–H groups in total. The fourth-order valence-corrected chi connectivity index (χ4v) is 5.45. The van der Waals surface area contributed by atoms with Crippen molar-refractivity contribution < 1.29 is 18.0 Å². The number of amides is 2. The normalized spacial score (nSPS) is 16.3. The van der Waals surface area contributed by atoms with E-state index in [0.717, 1.165) is 29.1 Å². The second-order valence-electron chi connectivity index (χ2n) is 7.48. The fraction of sp³-hybridized carbons (Fsp3) is 0.400. The van der Waals surface area contributed by atoms with Gasteiger partial charge >= 0.3 is 0 Å². The molecule has 2 amide bonds. The van der Waals surface area contributed by atoms with Gasteiger partial charge in [0.1, 0.15) is 0 Å². The standard InChI is InChI=1S/C20H25N3O4S2/c1-13-4-7-16(8-5-13)29(26,27)23(3)12-19(24)21-22-20(25)18-11-15-10-14(2)6-9-17(15)28-18/h4-5,7-8,11,14H,6,9-10,12H2,1-3H3,(H,21,24)(H,22,25). The highest BCUT2D eigenvalue weighted by atomic mass is 32.2. The van der Waals surface area contributed by atoms with Crippen molar-refractivity contribution in [3.05, 3.63) is 51.2 Å². The molecule has 7 nitrogen and oxygen atoms in total. The molecule has 1 unspecified atom stereocenters. The summed E-state index contributed by atoms with van der Waals surface area (Å²) >= 11 is 1.44. The summed E-state index contributed by atoms with van der Waals surface area (Å²) < 4.78 is 26.0. The van der Waals surface area contributed by atoms with Gasteiger partial charge in [0.25, 0.3) is 11.8 Å². The average Bonchev–Trinajstić information content (AvgIpc) is 3.09. The van der Waals surface area contributed by atoms with Gasteiger partial charge in [-0.1, -0.05) is 24.6 Å². The molecule has 0 radical (unpaired) electrons. The van der Waals surface area contributed by atoms with E-state index in [1.54, 1.807) is 12.1 Å². The number of nitrogens with one attached hydrogen (secondary N) is 2. The fourth-order valence-electron chi connectivity index (χ4n) is 3.22. The summed E-state index contributed by atoms with van der Waals surface area (Å²) in [5.74, 6) is -0.403. The molecule has 9 heteroatoms. The zero-order valence-electron chi connectivity index (χ0n) is 16.7. The van der Waals surface area contributed by atoms with E-state index in [-0.39, 0.29) is 4.90 Å². The van der Waals surface area contributed by atoms with E-state index < -0.39 is 28.4 Å². The van der Waals surface area contributed by atoms with Gasteiger partial charge in [0.2, 0.25) is 10.0 Å². The van der Waals surface area contributed by atoms with Crippen LogP contribution in [-0.4, -0.2) is 38.1 Å². The SMILES string of the molecule is Cc1ccc(S(=O)(=O)N(C)CC(=O)NNC(=O)c2cc3c(s2)CCC(C)C3)cc1.